The highest BCUT2D eigenvalue weighted by molar-refractivity contribution is 8.13. The quantitative estimate of drug-likeness (QED) is 0.381. The number of amides is 1. The van der Waals surface area contributed by atoms with Crippen molar-refractivity contribution in [2.24, 2.45) is 11.8 Å². The molecule has 1 amide bonds. The molecule has 4 rings (SSSR count). The van der Waals surface area contributed by atoms with Gasteiger partial charge in [0.05, 0.1) is 4.90 Å². The second kappa shape index (κ2) is 8.78. The van der Waals surface area contributed by atoms with Crippen molar-refractivity contribution in [3.8, 4) is 0 Å². The number of thiazole rings is 1. The molecule has 30 heavy (non-hydrogen) atoms. The standard InChI is InChI=1S/C20H19Cl2N3O3S2/c21-17-10-9-16-19(24-17)29-20(23-16)25-18(26)15(13-3-1-2-4-13)11-12-5-7-14(8-6-12)30(22,27)28/h5-10,13,15H,1-4,11H2,(H,23,25,26)/t15-/m1/s1. The second-order valence-corrected chi connectivity index (χ2v) is 11.3. The minimum atomic E-state index is -3.77. The van der Waals surface area contributed by atoms with Gasteiger partial charge in [0.15, 0.2) is 5.13 Å². The Balaban J connectivity index is 1.54. The van der Waals surface area contributed by atoms with Gasteiger partial charge in [0, 0.05) is 16.6 Å². The first-order chi connectivity index (χ1) is 14.3. The lowest BCUT2D eigenvalue weighted by Crippen LogP contribution is -2.30. The van der Waals surface area contributed by atoms with Crippen molar-refractivity contribution in [2.45, 2.75) is 37.0 Å². The lowest BCUT2D eigenvalue weighted by atomic mass is 9.85. The van der Waals surface area contributed by atoms with E-state index in [1.54, 1.807) is 24.3 Å². The number of aromatic nitrogens is 2. The average molecular weight is 484 g/mol. The molecule has 2 aromatic heterocycles. The van der Waals surface area contributed by atoms with Gasteiger partial charge in [0.25, 0.3) is 9.05 Å². The third-order valence-corrected chi connectivity index (χ3v) is 7.88. The summed E-state index contributed by atoms with van der Waals surface area (Å²) >= 11 is 7.22. The molecule has 2 heterocycles. The Hall–Kier alpha value is -1.74. The van der Waals surface area contributed by atoms with Crippen molar-refractivity contribution in [3.05, 3.63) is 47.1 Å². The van der Waals surface area contributed by atoms with Gasteiger partial charge in [0.2, 0.25) is 5.91 Å². The number of carbonyl (C=O) groups excluding carboxylic acids is 1. The Morgan fingerprint density at radius 3 is 2.50 bits per heavy atom. The zero-order valence-corrected chi connectivity index (χ0v) is 19.0. The molecule has 6 nitrogen and oxygen atoms in total. The molecule has 1 aliphatic rings. The van der Waals surface area contributed by atoms with Crippen LogP contribution in [0.25, 0.3) is 10.3 Å². The average Bonchev–Trinajstić information content (AvgIpc) is 3.35. The van der Waals surface area contributed by atoms with E-state index in [4.69, 9.17) is 22.3 Å². The Labute approximate surface area is 188 Å². The zero-order valence-electron chi connectivity index (χ0n) is 15.8. The van der Waals surface area contributed by atoms with Crippen LogP contribution in [0.2, 0.25) is 5.15 Å². The Morgan fingerprint density at radius 1 is 1.13 bits per heavy atom. The molecule has 1 aliphatic carbocycles. The van der Waals surface area contributed by atoms with E-state index in [1.807, 2.05) is 0 Å². The molecule has 1 atom stereocenters. The molecular weight excluding hydrogens is 465 g/mol. The summed E-state index contributed by atoms with van der Waals surface area (Å²) in [4.78, 5) is 22.6. The molecule has 0 radical (unpaired) electrons. The summed E-state index contributed by atoms with van der Waals surface area (Å²) in [5.74, 6) is -0.0287. The van der Waals surface area contributed by atoms with Crippen LogP contribution in [0, 0.1) is 11.8 Å². The smallest absolute Gasteiger partial charge is 0.261 e. The van der Waals surface area contributed by atoms with Crippen molar-refractivity contribution in [1.29, 1.82) is 0 Å². The van der Waals surface area contributed by atoms with Gasteiger partial charge in [0.1, 0.15) is 15.5 Å². The van der Waals surface area contributed by atoms with E-state index in [1.165, 1.54) is 23.5 Å². The molecule has 0 unspecified atom stereocenters. The molecule has 1 N–H and O–H groups in total. The lowest BCUT2D eigenvalue weighted by molar-refractivity contribution is -0.121. The monoisotopic (exact) mass is 483 g/mol. The summed E-state index contributed by atoms with van der Waals surface area (Å²) in [5.41, 5.74) is 1.58. The number of anilines is 1. The number of nitrogens with one attached hydrogen (secondary N) is 1. The number of hydrogen-bond donors (Lipinski definition) is 1. The van der Waals surface area contributed by atoms with E-state index < -0.39 is 9.05 Å². The second-order valence-electron chi connectivity index (χ2n) is 7.40. The van der Waals surface area contributed by atoms with Crippen molar-refractivity contribution in [2.75, 3.05) is 5.32 Å². The van der Waals surface area contributed by atoms with E-state index in [-0.39, 0.29) is 22.6 Å². The highest BCUT2D eigenvalue weighted by Crippen LogP contribution is 2.35. The third kappa shape index (κ3) is 4.94. The van der Waals surface area contributed by atoms with Crippen molar-refractivity contribution < 1.29 is 13.2 Å². The summed E-state index contributed by atoms with van der Waals surface area (Å²) in [7, 11) is 1.63. The van der Waals surface area contributed by atoms with Crippen LogP contribution in [0.4, 0.5) is 5.13 Å². The highest BCUT2D eigenvalue weighted by atomic mass is 35.7. The molecule has 0 saturated heterocycles. The number of benzene rings is 1. The molecule has 1 fully saturated rings. The largest absolute Gasteiger partial charge is 0.302 e. The lowest BCUT2D eigenvalue weighted by Gasteiger charge is -2.22. The molecule has 10 heteroatoms. The first-order valence-electron chi connectivity index (χ1n) is 9.57. The summed E-state index contributed by atoms with van der Waals surface area (Å²) in [5, 5.41) is 3.83. The molecule has 3 aromatic rings. The van der Waals surface area contributed by atoms with Crippen LogP contribution in [0.1, 0.15) is 31.2 Å². The van der Waals surface area contributed by atoms with Gasteiger partial charge >= 0.3 is 0 Å². The number of nitrogens with zero attached hydrogens (tertiary/aromatic N) is 2. The maximum absolute atomic E-state index is 13.2. The number of halogens is 2. The molecule has 1 aromatic carbocycles. The van der Waals surface area contributed by atoms with E-state index in [2.05, 4.69) is 15.3 Å². The number of hydrogen-bond acceptors (Lipinski definition) is 6. The van der Waals surface area contributed by atoms with Crippen molar-refractivity contribution in [3.63, 3.8) is 0 Å². The Bertz CT molecular complexity index is 1170. The van der Waals surface area contributed by atoms with Gasteiger partial charge in [-0.3, -0.25) is 4.79 Å². The highest BCUT2D eigenvalue weighted by Gasteiger charge is 2.31. The number of fused-ring (bicyclic) bond motifs is 1. The van der Waals surface area contributed by atoms with E-state index >= 15 is 0 Å². The third-order valence-electron chi connectivity index (χ3n) is 5.42. The topological polar surface area (TPSA) is 89.0 Å². The van der Waals surface area contributed by atoms with Crippen LogP contribution < -0.4 is 5.32 Å². The SMILES string of the molecule is O=C(Nc1nc2ccc(Cl)nc2s1)[C@H](Cc1ccc(S(=O)(=O)Cl)cc1)C1CCCC1. The fourth-order valence-corrected chi connectivity index (χ4v) is 5.73. The van der Waals surface area contributed by atoms with Gasteiger partial charge < -0.3 is 5.32 Å². The van der Waals surface area contributed by atoms with Crippen LogP contribution in [-0.2, 0) is 20.3 Å². The zero-order chi connectivity index (χ0) is 21.3. The first-order valence-corrected chi connectivity index (χ1v) is 13.1. The first kappa shape index (κ1) is 21.5. The van der Waals surface area contributed by atoms with E-state index in [0.29, 0.717) is 27.1 Å². The minimum Gasteiger partial charge on any atom is -0.302 e. The van der Waals surface area contributed by atoms with Gasteiger partial charge in [-0.25, -0.2) is 18.4 Å². The van der Waals surface area contributed by atoms with E-state index in [0.717, 1.165) is 31.2 Å². The van der Waals surface area contributed by atoms with Gasteiger partial charge in [-0.15, -0.1) is 0 Å². The molecule has 158 valence electrons. The van der Waals surface area contributed by atoms with Crippen LogP contribution in [0.5, 0.6) is 0 Å². The number of pyridine rings is 1. The fourth-order valence-electron chi connectivity index (χ4n) is 3.92. The van der Waals surface area contributed by atoms with Gasteiger partial charge in [-0.1, -0.05) is 47.9 Å². The van der Waals surface area contributed by atoms with Crippen molar-refractivity contribution in [1.82, 2.24) is 9.97 Å². The molecule has 0 spiro atoms. The van der Waals surface area contributed by atoms with Crippen LogP contribution in [0.3, 0.4) is 0 Å². The normalized spacial score (nSPS) is 16.1. The van der Waals surface area contributed by atoms with Gasteiger partial charge in [-0.05, 0) is 55.0 Å². The number of rotatable bonds is 6. The summed E-state index contributed by atoms with van der Waals surface area (Å²) in [6.45, 7) is 0. The number of carbonyl (C=O) groups is 1. The summed E-state index contributed by atoms with van der Waals surface area (Å²) in [6.07, 6.45) is 4.75. The minimum absolute atomic E-state index is 0.0513. The maximum Gasteiger partial charge on any atom is 0.261 e. The predicted octanol–water partition coefficient (Wildman–Crippen LogP) is 5.26. The van der Waals surface area contributed by atoms with Crippen molar-refractivity contribution >= 4 is 64.1 Å². The van der Waals surface area contributed by atoms with E-state index in [9.17, 15) is 13.2 Å². The van der Waals surface area contributed by atoms with Gasteiger partial charge in [-0.2, -0.15) is 0 Å². The summed E-state index contributed by atoms with van der Waals surface area (Å²) in [6, 6.07) is 9.83. The Morgan fingerprint density at radius 2 is 1.83 bits per heavy atom. The molecular formula is C20H19Cl2N3O3S2. The molecule has 0 bridgehead atoms. The van der Waals surface area contributed by atoms with Crippen LogP contribution in [-0.4, -0.2) is 24.3 Å². The van der Waals surface area contributed by atoms with Crippen LogP contribution in [0.15, 0.2) is 41.3 Å². The molecule has 1 saturated carbocycles. The predicted molar refractivity (Wildman–Crippen MR) is 120 cm³/mol. The van der Waals surface area contributed by atoms with Crippen LogP contribution >= 0.6 is 33.6 Å². The fraction of sp³-hybridized carbons (Fsp3) is 0.350. The maximum atomic E-state index is 13.2. The summed E-state index contributed by atoms with van der Waals surface area (Å²) < 4.78 is 22.9. The molecule has 0 aliphatic heterocycles. The Kier molecular flexibility index (Phi) is 6.29.